The molecule has 3 nitrogen and oxygen atoms in total. The summed E-state index contributed by atoms with van der Waals surface area (Å²) in [5.74, 6) is 0. The lowest BCUT2D eigenvalue weighted by Crippen LogP contribution is -1.93. The molecule has 0 unspecified atom stereocenters. The first-order chi connectivity index (χ1) is 7.81. The van der Waals surface area contributed by atoms with Crippen molar-refractivity contribution < 1.29 is 8.85 Å². The Labute approximate surface area is 101 Å². The van der Waals surface area contributed by atoms with Crippen LogP contribution < -0.4 is 5.73 Å². The predicted octanol–water partition coefficient (Wildman–Crippen LogP) is 2.11. The molecule has 4 heteroatoms. The van der Waals surface area contributed by atoms with Crippen LogP contribution in [-0.2, 0) is 8.85 Å². The monoisotopic (exact) mass is 241 g/mol. The first kappa shape index (κ1) is 15.2. The maximum Gasteiger partial charge on any atom is 0.303 e. The summed E-state index contributed by atoms with van der Waals surface area (Å²) in [5.41, 5.74) is 6.18. The van der Waals surface area contributed by atoms with Crippen LogP contribution in [0.1, 0.15) is 25.7 Å². The molecule has 0 radical (unpaired) electrons. The van der Waals surface area contributed by atoms with Crippen LogP contribution in [0.25, 0.3) is 0 Å². The van der Waals surface area contributed by atoms with Crippen LogP contribution in [0, 0.1) is 0 Å². The fourth-order valence-corrected chi connectivity index (χ4v) is 1.06. The molecule has 16 heavy (non-hydrogen) atoms. The van der Waals surface area contributed by atoms with Gasteiger partial charge < -0.3 is 14.6 Å². The van der Waals surface area contributed by atoms with E-state index in [-0.39, 0.29) is 0 Å². The Balaban J connectivity index is 0.000000221. The molecule has 0 saturated heterocycles. The minimum absolute atomic E-state index is 0.568. The number of hydrogen-bond acceptors (Lipinski definition) is 3. The van der Waals surface area contributed by atoms with Crippen molar-refractivity contribution in [2.24, 2.45) is 0 Å². The van der Waals surface area contributed by atoms with Crippen LogP contribution >= 0.6 is 0 Å². The molecule has 1 fully saturated rings. The van der Waals surface area contributed by atoms with Crippen molar-refractivity contribution in [2.45, 2.75) is 25.7 Å². The lowest BCUT2D eigenvalue weighted by Gasteiger charge is -2.05. The molecule has 0 heterocycles. The van der Waals surface area contributed by atoms with Gasteiger partial charge in [0.25, 0.3) is 0 Å². The molecule has 0 aromatic heterocycles. The Morgan fingerprint density at radius 1 is 0.938 bits per heavy atom. The maximum atomic E-state index is 5.36. The van der Waals surface area contributed by atoms with E-state index in [9.17, 15) is 0 Å². The smallest absolute Gasteiger partial charge is 0.303 e. The van der Waals surface area contributed by atoms with Gasteiger partial charge in [-0.05, 0) is 12.1 Å². The van der Waals surface area contributed by atoms with E-state index in [0.717, 1.165) is 5.69 Å². The van der Waals surface area contributed by atoms with Crippen LogP contribution in [-0.4, -0.2) is 24.2 Å². The largest absolute Gasteiger partial charge is 0.402 e. The second-order valence-electron chi connectivity index (χ2n) is 3.52. The Hall–Kier alpha value is -0.843. The summed E-state index contributed by atoms with van der Waals surface area (Å²) in [7, 11) is 2.73. The zero-order chi connectivity index (χ0) is 12.1. The van der Waals surface area contributed by atoms with Gasteiger partial charge in [0.15, 0.2) is 0 Å². The summed E-state index contributed by atoms with van der Waals surface area (Å²) in [4.78, 5) is 0. The van der Waals surface area contributed by atoms with E-state index in [1.54, 1.807) is 14.2 Å². The number of nitrogen functional groups attached to an aromatic ring is 1. The average Bonchev–Trinajstić information content (AvgIpc) is 2.18. The molecule has 92 valence electrons. The molecular formula is C12H23NO2Si. The van der Waals surface area contributed by atoms with E-state index in [4.69, 9.17) is 5.73 Å². The van der Waals surface area contributed by atoms with Gasteiger partial charge >= 0.3 is 10.0 Å². The third kappa shape index (κ3) is 11.2. The highest BCUT2D eigenvalue weighted by Crippen LogP contribution is 2.15. The lowest BCUT2D eigenvalue weighted by atomic mass is 10.0. The molecule has 1 aromatic carbocycles. The molecule has 0 amide bonds. The van der Waals surface area contributed by atoms with Crippen molar-refractivity contribution in [2.75, 3.05) is 20.0 Å². The molecule has 1 aromatic rings. The predicted molar refractivity (Wildman–Crippen MR) is 71.9 cm³/mol. The Morgan fingerprint density at radius 3 is 1.50 bits per heavy atom. The van der Waals surface area contributed by atoms with Crippen molar-refractivity contribution in [1.82, 2.24) is 0 Å². The van der Waals surface area contributed by atoms with Crippen molar-refractivity contribution in [3.05, 3.63) is 30.3 Å². The second-order valence-corrected chi connectivity index (χ2v) is 4.91. The number of benzene rings is 1. The van der Waals surface area contributed by atoms with Gasteiger partial charge in [0.05, 0.1) is 0 Å². The second kappa shape index (κ2) is 12.2. The SMILES string of the molecule is C1CCC1.CO[SiH2]OC.Nc1ccccc1. The van der Waals surface area contributed by atoms with E-state index in [1.807, 2.05) is 30.3 Å². The Morgan fingerprint density at radius 2 is 1.38 bits per heavy atom. The van der Waals surface area contributed by atoms with E-state index >= 15 is 0 Å². The van der Waals surface area contributed by atoms with E-state index < -0.39 is 10.0 Å². The fraction of sp³-hybridized carbons (Fsp3) is 0.500. The standard InChI is InChI=1S/C6H7N.C4H8.C2H8O2Si/c7-6-4-2-1-3-5-6;1-2-4-3-1;1-3-5-4-2/h1-5H,7H2;1-4H2;5H2,1-2H3. The van der Waals surface area contributed by atoms with Gasteiger partial charge in [-0.2, -0.15) is 0 Å². The highest BCUT2D eigenvalue weighted by molar-refractivity contribution is 6.17. The van der Waals surface area contributed by atoms with Gasteiger partial charge in [0.2, 0.25) is 0 Å². The molecule has 0 atom stereocenters. The molecule has 0 bridgehead atoms. The number of nitrogens with two attached hydrogens (primary N) is 1. The van der Waals surface area contributed by atoms with Crippen LogP contribution in [0.2, 0.25) is 0 Å². The van der Waals surface area contributed by atoms with Gasteiger partial charge in [-0.1, -0.05) is 43.9 Å². The van der Waals surface area contributed by atoms with Crippen molar-refractivity contribution >= 4 is 15.7 Å². The maximum absolute atomic E-state index is 5.36. The number of rotatable bonds is 2. The molecule has 0 aliphatic heterocycles. The zero-order valence-electron chi connectivity index (χ0n) is 10.3. The third-order valence-electron chi connectivity index (χ3n) is 2.04. The summed E-state index contributed by atoms with van der Waals surface area (Å²) in [6, 6.07) is 9.49. The molecule has 1 aliphatic rings. The molecule has 0 spiro atoms. The average molecular weight is 241 g/mol. The van der Waals surface area contributed by atoms with Crippen LogP contribution in [0.5, 0.6) is 0 Å². The summed E-state index contributed by atoms with van der Waals surface area (Å²) >= 11 is 0. The quantitative estimate of drug-likeness (QED) is 0.637. The van der Waals surface area contributed by atoms with Gasteiger partial charge in [0.1, 0.15) is 0 Å². The first-order valence-electron chi connectivity index (χ1n) is 5.59. The molecule has 1 aliphatic carbocycles. The lowest BCUT2D eigenvalue weighted by molar-refractivity contribution is 0.309. The highest BCUT2D eigenvalue weighted by atomic mass is 28.3. The Kier molecular flexibility index (Phi) is 11.6. The summed E-state index contributed by atoms with van der Waals surface area (Å²) in [5, 5.41) is 0. The van der Waals surface area contributed by atoms with Crippen LogP contribution in [0.4, 0.5) is 5.69 Å². The summed E-state index contributed by atoms with van der Waals surface area (Å²) < 4.78 is 9.22. The highest BCUT2D eigenvalue weighted by Gasteiger charge is 1.95. The third-order valence-corrected chi connectivity index (χ3v) is 2.51. The van der Waals surface area contributed by atoms with E-state index in [1.165, 1.54) is 25.7 Å². The van der Waals surface area contributed by atoms with Gasteiger partial charge in [0, 0.05) is 19.9 Å². The van der Waals surface area contributed by atoms with E-state index in [0.29, 0.717) is 0 Å². The summed E-state index contributed by atoms with van der Waals surface area (Å²) in [6.07, 6.45) is 6.00. The minimum atomic E-state index is -0.568. The molecule has 2 N–H and O–H groups in total. The molecule has 1 saturated carbocycles. The first-order valence-corrected chi connectivity index (χ1v) is 6.75. The number of hydrogen-bond donors (Lipinski definition) is 1. The summed E-state index contributed by atoms with van der Waals surface area (Å²) in [6.45, 7) is 0. The van der Waals surface area contributed by atoms with Crippen LogP contribution in [0.3, 0.4) is 0 Å². The van der Waals surface area contributed by atoms with Crippen molar-refractivity contribution in [1.29, 1.82) is 0 Å². The molecular weight excluding hydrogens is 218 g/mol. The Bertz CT molecular complexity index is 222. The minimum Gasteiger partial charge on any atom is -0.402 e. The fourth-order valence-electron chi connectivity index (χ4n) is 0.821. The zero-order valence-corrected chi connectivity index (χ0v) is 11.7. The van der Waals surface area contributed by atoms with Gasteiger partial charge in [-0.25, -0.2) is 0 Å². The van der Waals surface area contributed by atoms with Gasteiger partial charge in [-0.3, -0.25) is 0 Å². The molecule has 2 rings (SSSR count). The number of para-hydroxylation sites is 1. The number of anilines is 1. The van der Waals surface area contributed by atoms with Crippen molar-refractivity contribution in [3.8, 4) is 0 Å². The van der Waals surface area contributed by atoms with Gasteiger partial charge in [-0.15, -0.1) is 0 Å². The topological polar surface area (TPSA) is 44.5 Å². The van der Waals surface area contributed by atoms with E-state index in [2.05, 4.69) is 8.85 Å². The normalized spacial score (nSPS) is 12.4. The van der Waals surface area contributed by atoms with Crippen molar-refractivity contribution in [3.63, 3.8) is 0 Å². The van der Waals surface area contributed by atoms with Crippen LogP contribution in [0.15, 0.2) is 30.3 Å².